The first kappa shape index (κ1) is 15.5. The minimum absolute atomic E-state index is 0.0286. The van der Waals surface area contributed by atoms with E-state index in [-0.39, 0.29) is 19.7 Å². The van der Waals surface area contributed by atoms with Crippen molar-refractivity contribution in [1.29, 1.82) is 0 Å². The van der Waals surface area contributed by atoms with Crippen LogP contribution in [0.15, 0.2) is 57.2 Å². The van der Waals surface area contributed by atoms with Gasteiger partial charge in [-0.05, 0) is 42.5 Å². The van der Waals surface area contributed by atoms with E-state index in [0.717, 1.165) is 6.07 Å². The molecule has 2 aromatic carbocycles. The van der Waals surface area contributed by atoms with Crippen LogP contribution in [0.5, 0.6) is 0 Å². The van der Waals surface area contributed by atoms with Crippen LogP contribution in [0.1, 0.15) is 0 Å². The van der Waals surface area contributed by atoms with E-state index in [0.29, 0.717) is 5.02 Å². The van der Waals surface area contributed by atoms with Gasteiger partial charge in [0, 0.05) is 5.02 Å². The third-order valence-electron chi connectivity index (χ3n) is 2.53. The molecule has 106 valence electrons. The van der Waals surface area contributed by atoms with E-state index in [2.05, 4.69) is 0 Å². The zero-order chi connectivity index (χ0) is 14.9. The van der Waals surface area contributed by atoms with Crippen LogP contribution in [0.2, 0.25) is 10.0 Å². The van der Waals surface area contributed by atoms with Crippen LogP contribution in [-0.2, 0) is 20.9 Å². The molecule has 0 heterocycles. The van der Waals surface area contributed by atoms with Gasteiger partial charge in [0.05, 0.1) is 19.7 Å². The quantitative estimate of drug-likeness (QED) is 0.861. The highest BCUT2D eigenvalue weighted by Gasteiger charge is 2.20. The summed E-state index contributed by atoms with van der Waals surface area (Å²) in [5.41, 5.74) is 0. The lowest BCUT2D eigenvalue weighted by Gasteiger charge is -2.07. The lowest BCUT2D eigenvalue weighted by molar-refractivity contribution is 0.564. The highest BCUT2D eigenvalue weighted by atomic mass is 35.5. The summed E-state index contributed by atoms with van der Waals surface area (Å²) in [6.45, 7) is 0. The highest BCUT2D eigenvalue weighted by Crippen LogP contribution is 2.27. The van der Waals surface area contributed by atoms with Gasteiger partial charge in [0.25, 0.3) is 0 Å². The lowest BCUT2D eigenvalue weighted by atomic mass is 10.4. The first-order valence-corrected chi connectivity index (χ1v) is 8.58. The van der Waals surface area contributed by atoms with Crippen LogP contribution in [0.3, 0.4) is 0 Å². The summed E-state index contributed by atoms with van der Waals surface area (Å²) in [4.78, 5) is -0.220. The zero-order valence-electron chi connectivity index (χ0n) is 9.79. The van der Waals surface area contributed by atoms with E-state index in [4.69, 9.17) is 27.8 Å². The first-order valence-electron chi connectivity index (χ1n) is 5.23. The second-order valence-corrected chi connectivity index (χ2v) is 7.53. The topological polar surface area (TPSA) is 71.4 Å². The summed E-state index contributed by atoms with van der Waals surface area (Å²) in [6, 6.07) is 9.27. The monoisotopic (exact) mass is 350 g/mol. The largest absolute Gasteiger partial charge is 0.302 e. The second-order valence-electron chi connectivity index (χ2n) is 3.80. The average molecular weight is 351 g/mol. The predicted octanol–water partition coefficient (Wildman–Crippen LogP) is 3.41. The molecule has 0 amide bonds. The van der Waals surface area contributed by atoms with Crippen LogP contribution in [0, 0.1) is 0 Å². The van der Waals surface area contributed by atoms with Crippen molar-refractivity contribution in [3.8, 4) is 0 Å². The maximum atomic E-state index is 12.4. The van der Waals surface area contributed by atoms with Crippen molar-refractivity contribution in [2.45, 2.75) is 14.7 Å². The molecule has 20 heavy (non-hydrogen) atoms. The van der Waals surface area contributed by atoms with Crippen LogP contribution < -0.4 is 0 Å². The van der Waals surface area contributed by atoms with Gasteiger partial charge in [-0.15, -0.1) is 0 Å². The maximum Gasteiger partial charge on any atom is 0.206 e. The van der Waals surface area contributed by atoms with Gasteiger partial charge in [-0.2, -0.15) is 0 Å². The molecule has 1 unspecified atom stereocenters. The van der Waals surface area contributed by atoms with Gasteiger partial charge in [-0.3, -0.25) is 0 Å². The van der Waals surface area contributed by atoms with Crippen molar-refractivity contribution in [3.05, 3.63) is 52.5 Å². The van der Waals surface area contributed by atoms with Crippen molar-refractivity contribution >= 4 is 44.1 Å². The smallest absolute Gasteiger partial charge is 0.206 e. The predicted molar refractivity (Wildman–Crippen MR) is 77.4 cm³/mol. The number of benzene rings is 2. The molecule has 0 fully saturated rings. The van der Waals surface area contributed by atoms with E-state index in [9.17, 15) is 12.6 Å². The van der Waals surface area contributed by atoms with E-state index in [1.807, 2.05) is 0 Å². The fourth-order valence-electron chi connectivity index (χ4n) is 1.53. The Labute approximate surface area is 128 Å². The molecule has 0 aromatic heterocycles. The fourth-order valence-corrected chi connectivity index (χ4v) is 3.80. The molecule has 0 saturated heterocycles. The maximum absolute atomic E-state index is 12.4. The molecule has 0 radical (unpaired) electrons. The van der Waals surface area contributed by atoms with E-state index < -0.39 is 20.9 Å². The summed E-state index contributed by atoms with van der Waals surface area (Å²) < 4.78 is 44.9. The third kappa shape index (κ3) is 3.05. The second kappa shape index (κ2) is 5.83. The summed E-state index contributed by atoms with van der Waals surface area (Å²) >= 11 is 9.09. The average Bonchev–Trinajstić information content (AvgIpc) is 2.39. The summed E-state index contributed by atoms with van der Waals surface area (Å²) in [5.74, 6) is 0. The molecular weight excluding hydrogens is 343 g/mol. The fraction of sp³-hybridized carbons (Fsp3) is 0. The Morgan fingerprint density at radius 1 is 0.950 bits per heavy atom. The first-order chi connectivity index (χ1) is 9.32. The Morgan fingerprint density at radius 3 is 2.05 bits per heavy atom. The molecule has 4 nitrogen and oxygen atoms in total. The van der Waals surface area contributed by atoms with Gasteiger partial charge in [0.15, 0.2) is 11.1 Å². The van der Waals surface area contributed by atoms with Crippen molar-refractivity contribution < 1.29 is 17.2 Å². The van der Waals surface area contributed by atoms with E-state index >= 15 is 0 Å². The van der Waals surface area contributed by atoms with Crippen LogP contribution in [0.4, 0.5) is 0 Å². The molecule has 0 aliphatic rings. The number of halogens is 2. The van der Waals surface area contributed by atoms with Gasteiger partial charge in [-0.25, -0.2) is 12.6 Å². The zero-order valence-corrected chi connectivity index (χ0v) is 12.9. The summed E-state index contributed by atoms with van der Waals surface area (Å²) in [6.07, 6.45) is 0. The summed E-state index contributed by atoms with van der Waals surface area (Å²) in [7, 11) is -3.79. The molecule has 0 aliphatic carbocycles. The van der Waals surface area contributed by atoms with Crippen molar-refractivity contribution in [1.82, 2.24) is 0 Å². The molecule has 0 spiro atoms. The van der Waals surface area contributed by atoms with Gasteiger partial charge < -0.3 is 4.55 Å². The Bertz CT molecular complexity index is 771. The molecule has 1 N–H and O–H groups in total. The number of rotatable bonds is 3. The molecular formula is C12H8Cl2O4S2. The molecule has 8 heteroatoms. The normalized spacial score (nSPS) is 13.2. The molecule has 0 aliphatic heterocycles. The minimum Gasteiger partial charge on any atom is -0.302 e. The van der Waals surface area contributed by atoms with Crippen molar-refractivity contribution in [2.24, 2.45) is 0 Å². The number of sulfone groups is 1. The lowest BCUT2D eigenvalue weighted by Crippen LogP contribution is -2.03. The Hall–Kier alpha value is -0.920. The summed E-state index contributed by atoms with van der Waals surface area (Å²) in [5, 5.41) is 0.443. The van der Waals surface area contributed by atoms with Crippen molar-refractivity contribution in [3.63, 3.8) is 0 Å². The Kier molecular flexibility index (Phi) is 4.51. The van der Waals surface area contributed by atoms with Gasteiger partial charge >= 0.3 is 0 Å². The third-order valence-corrected chi connectivity index (χ3v) is 5.70. The molecule has 1 atom stereocenters. The number of hydrogen-bond donors (Lipinski definition) is 1. The number of hydrogen-bond acceptors (Lipinski definition) is 3. The van der Waals surface area contributed by atoms with Gasteiger partial charge in [0.2, 0.25) is 9.84 Å². The molecule has 2 rings (SSSR count). The SMILES string of the molecule is O=S(O)c1cc(S(=O)(=O)c2ccc(Cl)cc2)ccc1Cl. The minimum atomic E-state index is -3.79. The van der Waals surface area contributed by atoms with Crippen LogP contribution in [0.25, 0.3) is 0 Å². The Balaban J connectivity index is 2.58. The van der Waals surface area contributed by atoms with Gasteiger partial charge in [-0.1, -0.05) is 23.2 Å². The molecule has 0 saturated carbocycles. The van der Waals surface area contributed by atoms with Crippen molar-refractivity contribution in [2.75, 3.05) is 0 Å². The van der Waals surface area contributed by atoms with Crippen LogP contribution >= 0.6 is 23.2 Å². The molecule has 0 bridgehead atoms. The highest BCUT2D eigenvalue weighted by molar-refractivity contribution is 7.91. The molecule has 2 aromatic rings. The standard InChI is InChI=1S/C12H8Cl2O4S2/c13-8-1-3-9(4-2-8)20(17,18)10-5-6-11(14)12(7-10)19(15)16/h1-7H,(H,15,16). The van der Waals surface area contributed by atoms with Gasteiger partial charge in [0.1, 0.15) is 0 Å². The Morgan fingerprint density at radius 2 is 1.50 bits per heavy atom. The van der Waals surface area contributed by atoms with E-state index in [1.165, 1.54) is 36.4 Å². The van der Waals surface area contributed by atoms with E-state index in [1.54, 1.807) is 0 Å². The van der Waals surface area contributed by atoms with Crippen LogP contribution in [-0.4, -0.2) is 17.2 Å².